The minimum Gasteiger partial charge on any atom is -0.341 e. The molecule has 1 aromatic carbocycles. The Balaban J connectivity index is 2.34. The van der Waals surface area contributed by atoms with E-state index in [4.69, 9.17) is 0 Å². The van der Waals surface area contributed by atoms with Crippen molar-refractivity contribution in [1.29, 1.82) is 0 Å². The highest BCUT2D eigenvalue weighted by molar-refractivity contribution is 8.13. The fraction of sp³-hybridized carbons (Fsp3) is 0.385. The molecule has 17 heavy (non-hydrogen) atoms. The van der Waals surface area contributed by atoms with Crippen molar-refractivity contribution in [2.45, 2.75) is 19.9 Å². The van der Waals surface area contributed by atoms with Crippen LogP contribution in [0.4, 0.5) is 0 Å². The zero-order valence-corrected chi connectivity index (χ0v) is 11.0. The van der Waals surface area contributed by atoms with Crippen LogP contribution in [0.15, 0.2) is 30.3 Å². The molecule has 3 nitrogen and oxygen atoms in total. The summed E-state index contributed by atoms with van der Waals surface area (Å²) in [6.45, 7) is 2.13. The molecule has 0 aliphatic carbocycles. The zero-order chi connectivity index (χ0) is 12.7. The number of carbonyl (C=O) groups is 2. The van der Waals surface area contributed by atoms with Crippen LogP contribution in [0, 0.1) is 0 Å². The number of amides is 1. The first-order valence-electron chi connectivity index (χ1n) is 5.51. The first-order valence-corrected chi connectivity index (χ1v) is 6.49. The predicted molar refractivity (Wildman–Crippen MR) is 70.7 cm³/mol. The number of hydrogen-bond acceptors (Lipinski definition) is 3. The van der Waals surface area contributed by atoms with Gasteiger partial charge in [0, 0.05) is 32.7 Å². The lowest BCUT2D eigenvalue weighted by molar-refractivity contribution is -0.129. The van der Waals surface area contributed by atoms with Crippen molar-refractivity contribution in [3.8, 4) is 0 Å². The van der Waals surface area contributed by atoms with Crippen LogP contribution < -0.4 is 0 Å². The molecule has 0 unspecified atom stereocenters. The summed E-state index contributed by atoms with van der Waals surface area (Å²) in [6.07, 6.45) is 0.410. The third-order valence-electron chi connectivity index (χ3n) is 2.31. The van der Waals surface area contributed by atoms with E-state index in [1.165, 1.54) is 18.7 Å². The van der Waals surface area contributed by atoms with Crippen LogP contribution in [-0.4, -0.2) is 28.7 Å². The molecule has 0 saturated heterocycles. The quantitative estimate of drug-likeness (QED) is 0.806. The van der Waals surface area contributed by atoms with E-state index in [2.05, 4.69) is 0 Å². The molecule has 0 aliphatic rings. The highest BCUT2D eigenvalue weighted by Crippen LogP contribution is 2.07. The highest BCUT2D eigenvalue weighted by Gasteiger charge is 2.09. The fourth-order valence-electron chi connectivity index (χ4n) is 1.42. The van der Waals surface area contributed by atoms with Crippen LogP contribution in [0.3, 0.4) is 0 Å². The molecule has 0 atom stereocenters. The summed E-state index contributed by atoms with van der Waals surface area (Å²) in [7, 11) is 1.79. The Morgan fingerprint density at radius 1 is 1.24 bits per heavy atom. The summed E-state index contributed by atoms with van der Waals surface area (Å²) >= 11 is 1.20. The lowest BCUT2D eigenvalue weighted by atomic mass is 10.2. The van der Waals surface area contributed by atoms with Crippen LogP contribution in [0.25, 0.3) is 0 Å². The number of carbonyl (C=O) groups excluding carboxylic acids is 2. The molecule has 0 spiro atoms. The summed E-state index contributed by atoms with van der Waals surface area (Å²) in [4.78, 5) is 24.1. The molecule has 0 heterocycles. The van der Waals surface area contributed by atoms with E-state index in [0.717, 1.165) is 5.56 Å². The van der Waals surface area contributed by atoms with Gasteiger partial charge in [0.15, 0.2) is 5.12 Å². The van der Waals surface area contributed by atoms with Gasteiger partial charge in [-0.3, -0.25) is 9.59 Å². The maximum atomic E-state index is 11.7. The van der Waals surface area contributed by atoms with E-state index in [1.807, 2.05) is 30.3 Å². The van der Waals surface area contributed by atoms with Crippen LogP contribution >= 0.6 is 11.8 Å². The van der Waals surface area contributed by atoms with Gasteiger partial charge in [-0.25, -0.2) is 0 Å². The number of benzene rings is 1. The third kappa shape index (κ3) is 5.54. The summed E-state index contributed by atoms with van der Waals surface area (Å²) in [5, 5.41) is 0.0588. The van der Waals surface area contributed by atoms with Crippen molar-refractivity contribution in [1.82, 2.24) is 4.90 Å². The molecule has 0 radical (unpaired) electrons. The van der Waals surface area contributed by atoms with Crippen LogP contribution in [0.2, 0.25) is 0 Å². The Hall–Kier alpha value is -1.29. The summed E-state index contributed by atoms with van der Waals surface area (Å²) < 4.78 is 0. The first kappa shape index (κ1) is 13.8. The number of thioether (sulfide) groups is 1. The van der Waals surface area contributed by atoms with Crippen molar-refractivity contribution < 1.29 is 9.59 Å². The number of nitrogens with zero attached hydrogens (tertiary/aromatic N) is 1. The van der Waals surface area contributed by atoms with Gasteiger partial charge in [-0.1, -0.05) is 42.1 Å². The van der Waals surface area contributed by atoms with Gasteiger partial charge in [0.05, 0.1) is 0 Å². The average molecular weight is 251 g/mol. The van der Waals surface area contributed by atoms with Gasteiger partial charge in [-0.15, -0.1) is 0 Å². The Labute approximate surface area is 106 Å². The summed E-state index contributed by atoms with van der Waals surface area (Å²) in [5.74, 6) is 0.635. The first-order chi connectivity index (χ1) is 8.09. The van der Waals surface area contributed by atoms with Crippen molar-refractivity contribution in [2.75, 3.05) is 12.8 Å². The second-order valence-electron chi connectivity index (χ2n) is 3.83. The second-order valence-corrected chi connectivity index (χ2v) is 5.10. The van der Waals surface area contributed by atoms with E-state index in [1.54, 1.807) is 11.9 Å². The van der Waals surface area contributed by atoms with E-state index in [0.29, 0.717) is 18.7 Å². The largest absolute Gasteiger partial charge is 0.341 e. The van der Waals surface area contributed by atoms with Crippen LogP contribution in [0.5, 0.6) is 0 Å². The molecule has 0 aromatic heterocycles. The Kier molecular flexibility index (Phi) is 5.77. The molecule has 0 fully saturated rings. The Morgan fingerprint density at radius 2 is 1.88 bits per heavy atom. The average Bonchev–Trinajstić information content (AvgIpc) is 2.29. The maximum absolute atomic E-state index is 11.7. The molecule has 0 N–H and O–H groups in total. The van der Waals surface area contributed by atoms with Crippen molar-refractivity contribution in [2.24, 2.45) is 0 Å². The molecule has 1 amide bonds. The fourth-order valence-corrected chi connectivity index (χ4v) is 1.98. The monoisotopic (exact) mass is 251 g/mol. The second kappa shape index (κ2) is 7.12. The minimum absolute atomic E-state index is 0.0588. The van der Waals surface area contributed by atoms with Gasteiger partial charge in [-0.2, -0.15) is 0 Å². The van der Waals surface area contributed by atoms with E-state index in [-0.39, 0.29) is 11.0 Å². The molecular weight excluding hydrogens is 234 g/mol. The van der Waals surface area contributed by atoms with Crippen molar-refractivity contribution >= 4 is 22.8 Å². The molecule has 0 aliphatic heterocycles. The van der Waals surface area contributed by atoms with E-state index >= 15 is 0 Å². The minimum atomic E-state index is 0.0588. The molecule has 1 aromatic rings. The lowest BCUT2D eigenvalue weighted by Crippen LogP contribution is -2.26. The smallest absolute Gasteiger partial charge is 0.223 e. The normalized spacial score (nSPS) is 10.0. The van der Waals surface area contributed by atoms with Gasteiger partial charge in [-0.05, 0) is 5.56 Å². The van der Waals surface area contributed by atoms with Gasteiger partial charge < -0.3 is 4.90 Å². The lowest BCUT2D eigenvalue weighted by Gasteiger charge is -2.16. The highest BCUT2D eigenvalue weighted by atomic mass is 32.2. The standard InChI is InChI=1S/C13H17NO2S/c1-11(15)17-9-8-13(16)14(2)10-12-6-4-3-5-7-12/h3-7H,8-10H2,1-2H3. The molecule has 4 heteroatoms. The summed E-state index contributed by atoms with van der Waals surface area (Å²) in [6, 6.07) is 9.86. The van der Waals surface area contributed by atoms with Crippen molar-refractivity contribution in [3.05, 3.63) is 35.9 Å². The van der Waals surface area contributed by atoms with E-state index in [9.17, 15) is 9.59 Å². The predicted octanol–water partition coefficient (Wildman–Crippen LogP) is 2.31. The van der Waals surface area contributed by atoms with E-state index < -0.39 is 0 Å². The molecule has 1 rings (SSSR count). The van der Waals surface area contributed by atoms with Crippen LogP contribution in [0.1, 0.15) is 18.9 Å². The molecule has 92 valence electrons. The Morgan fingerprint density at radius 3 is 2.47 bits per heavy atom. The third-order valence-corrected chi connectivity index (χ3v) is 3.12. The topological polar surface area (TPSA) is 37.4 Å². The Bertz CT molecular complexity index is 378. The van der Waals surface area contributed by atoms with Gasteiger partial charge in [0.2, 0.25) is 5.91 Å². The number of hydrogen-bond donors (Lipinski definition) is 0. The van der Waals surface area contributed by atoms with Crippen LogP contribution in [-0.2, 0) is 16.1 Å². The summed E-state index contributed by atoms with van der Waals surface area (Å²) in [5.41, 5.74) is 1.11. The molecule has 0 bridgehead atoms. The van der Waals surface area contributed by atoms with Crippen molar-refractivity contribution in [3.63, 3.8) is 0 Å². The number of rotatable bonds is 5. The van der Waals surface area contributed by atoms with Gasteiger partial charge in [0.25, 0.3) is 0 Å². The zero-order valence-electron chi connectivity index (χ0n) is 10.2. The molecule has 0 saturated carbocycles. The SMILES string of the molecule is CC(=O)SCCC(=O)N(C)Cc1ccccc1. The van der Waals surface area contributed by atoms with Gasteiger partial charge in [0.1, 0.15) is 0 Å². The molecular formula is C13H17NO2S. The van der Waals surface area contributed by atoms with Gasteiger partial charge >= 0.3 is 0 Å². The maximum Gasteiger partial charge on any atom is 0.223 e.